The predicted molar refractivity (Wildman–Crippen MR) is 86.6 cm³/mol. The fourth-order valence-electron chi connectivity index (χ4n) is 5.32. The summed E-state index contributed by atoms with van der Waals surface area (Å²) < 4.78 is 0. The second kappa shape index (κ2) is 5.48. The molecule has 4 unspecified atom stereocenters. The third-order valence-corrected chi connectivity index (χ3v) is 6.69. The predicted octanol–water partition coefficient (Wildman–Crippen LogP) is 5.34. The quantitative estimate of drug-likeness (QED) is 0.688. The van der Waals surface area contributed by atoms with Crippen molar-refractivity contribution in [3.8, 4) is 0 Å². The second-order valence-corrected chi connectivity index (χ2v) is 8.63. The first kappa shape index (κ1) is 16.1. The van der Waals surface area contributed by atoms with Crippen LogP contribution in [0.5, 0.6) is 0 Å². The Morgan fingerprint density at radius 3 is 2.55 bits per heavy atom. The Hall–Kier alpha value is -0.300. The van der Waals surface area contributed by atoms with Gasteiger partial charge in [-0.3, -0.25) is 0 Å². The monoisotopic (exact) mass is 278 g/mol. The molecule has 1 nitrogen and oxygen atoms in total. The average Bonchev–Trinajstić information content (AvgIpc) is 2.36. The fraction of sp³-hybridized carbons (Fsp3) is 0.895. The van der Waals surface area contributed by atoms with Crippen molar-refractivity contribution >= 4 is 0 Å². The van der Waals surface area contributed by atoms with E-state index >= 15 is 0 Å². The van der Waals surface area contributed by atoms with Crippen molar-refractivity contribution in [1.82, 2.24) is 0 Å². The minimum Gasteiger partial charge on any atom is -0.386 e. The SMILES string of the molecule is C=CC(C)(O)CCC1CCCC2C(C)(C)CCCC12C. The Bertz CT molecular complexity index is 355. The van der Waals surface area contributed by atoms with Gasteiger partial charge in [0.1, 0.15) is 0 Å². The first-order chi connectivity index (χ1) is 9.21. The van der Waals surface area contributed by atoms with Crippen LogP contribution in [-0.2, 0) is 0 Å². The molecule has 0 aromatic carbocycles. The Morgan fingerprint density at radius 2 is 1.90 bits per heavy atom. The van der Waals surface area contributed by atoms with Crippen LogP contribution in [0.4, 0.5) is 0 Å². The number of fused-ring (bicyclic) bond motifs is 1. The summed E-state index contributed by atoms with van der Waals surface area (Å²) in [7, 11) is 0. The van der Waals surface area contributed by atoms with Crippen molar-refractivity contribution in [2.45, 2.75) is 84.7 Å². The molecular weight excluding hydrogens is 244 g/mol. The molecule has 1 heteroatoms. The van der Waals surface area contributed by atoms with E-state index in [2.05, 4.69) is 27.4 Å². The minimum atomic E-state index is -0.687. The summed E-state index contributed by atoms with van der Waals surface area (Å²) in [4.78, 5) is 0. The summed E-state index contributed by atoms with van der Waals surface area (Å²) in [5.41, 5.74) is 0.317. The maximum Gasteiger partial charge on any atom is 0.0797 e. The molecule has 2 aliphatic rings. The molecule has 20 heavy (non-hydrogen) atoms. The molecule has 2 aliphatic carbocycles. The largest absolute Gasteiger partial charge is 0.386 e. The van der Waals surface area contributed by atoms with Crippen LogP contribution in [-0.4, -0.2) is 10.7 Å². The van der Waals surface area contributed by atoms with E-state index in [0.29, 0.717) is 10.8 Å². The van der Waals surface area contributed by atoms with Crippen molar-refractivity contribution in [2.75, 3.05) is 0 Å². The second-order valence-electron chi connectivity index (χ2n) is 8.63. The molecule has 0 heterocycles. The Labute approximate surface area is 125 Å². The zero-order valence-electron chi connectivity index (χ0n) is 14.0. The van der Waals surface area contributed by atoms with E-state index in [-0.39, 0.29) is 0 Å². The lowest BCUT2D eigenvalue weighted by molar-refractivity contribution is -0.0792. The van der Waals surface area contributed by atoms with E-state index in [1.807, 2.05) is 6.92 Å². The fourth-order valence-corrected chi connectivity index (χ4v) is 5.32. The smallest absolute Gasteiger partial charge is 0.0797 e. The van der Waals surface area contributed by atoms with Crippen molar-refractivity contribution in [1.29, 1.82) is 0 Å². The molecule has 0 amide bonds. The van der Waals surface area contributed by atoms with Gasteiger partial charge in [0.25, 0.3) is 0 Å². The normalized spacial score (nSPS) is 39.6. The molecule has 1 N–H and O–H groups in total. The lowest BCUT2D eigenvalue weighted by atomic mass is 9.48. The van der Waals surface area contributed by atoms with E-state index < -0.39 is 5.60 Å². The first-order valence-corrected chi connectivity index (χ1v) is 8.57. The van der Waals surface area contributed by atoms with Gasteiger partial charge in [-0.05, 0) is 68.1 Å². The van der Waals surface area contributed by atoms with Crippen LogP contribution in [0.1, 0.15) is 79.1 Å². The van der Waals surface area contributed by atoms with Gasteiger partial charge in [-0.15, -0.1) is 6.58 Å². The minimum absolute atomic E-state index is 0.497. The number of hydrogen-bond acceptors (Lipinski definition) is 1. The van der Waals surface area contributed by atoms with Gasteiger partial charge in [0.05, 0.1) is 5.60 Å². The van der Waals surface area contributed by atoms with Gasteiger partial charge >= 0.3 is 0 Å². The summed E-state index contributed by atoms with van der Waals surface area (Å²) in [6.45, 7) is 13.2. The van der Waals surface area contributed by atoms with Crippen LogP contribution < -0.4 is 0 Å². The molecule has 0 aliphatic heterocycles. The van der Waals surface area contributed by atoms with Crippen LogP contribution in [0.3, 0.4) is 0 Å². The number of hydrogen-bond donors (Lipinski definition) is 1. The van der Waals surface area contributed by atoms with E-state index in [9.17, 15) is 5.11 Å². The molecule has 0 spiro atoms. The van der Waals surface area contributed by atoms with Crippen LogP contribution in [0, 0.1) is 22.7 Å². The number of rotatable bonds is 4. The van der Waals surface area contributed by atoms with Gasteiger partial charge in [0, 0.05) is 0 Å². The average molecular weight is 278 g/mol. The Balaban J connectivity index is 2.11. The van der Waals surface area contributed by atoms with Crippen LogP contribution in [0.15, 0.2) is 12.7 Å². The highest BCUT2D eigenvalue weighted by Gasteiger charge is 2.51. The van der Waals surface area contributed by atoms with Crippen molar-refractivity contribution in [3.63, 3.8) is 0 Å². The zero-order valence-corrected chi connectivity index (χ0v) is 14.0. The van der Waals surface area contributed by atoms with Gasteiger partial charge in [-0.1, -0.05) is 39.7 Å². The third kappa shape index (κ3) is 2.98. The molecule has 2 rings (SSSR count). The highest BCUT2D eigenvalue weighted by atomic mass is 16.3. The lowest BCUT2D eigenvalue weighted by Crippen LogP contribution is -2.49. The molecule has 0 bridgehead atoms. The van der Waals surface area contributed by atoms with Crippen molar-refractivity contribution < 1.29 is 5.11 Å². The Morgan fingerprint density at radius 1 is 1.20 bits per heavy atom. The van der Waals surface area contributed by atoms with Crippen molar-refractivity contribution in [2.24, 2.45) is 22.7 Å². The lowest BCUT2D eigenvalue weighted by Gasteiger charge is -2.57. The summed E-state index contributed by atoms with van der Waals surface area (Å²) >= 11 is 0. The van der Waals surface area contributed by atoms with Crippen molar-refractivity contribution in [3.05, 3.63) is 12.7 Å². The summed E-state index contributed by atoms with van der Waals surface area (Å²) in [5, 5.41) is 10.2. The summed E-state index contributed by atoms with van der Waals surface area (Å²) in [5.74, 6) is 1.66. The molecular formula is C19H34O. The molecule has 116 valence electrons. The number of aliphatic hydroxyl groups is 1. The maximum atomic E-state index is 10.2. The highest BCUT2D eigenvalue weighted by molar-refractivity contribution is 5.02. The van der Waals surface area contributed by atoms with Gasteiger partial charge in [0.2, 0.25) is 0 Å². The maximum absolute atomic E-state index is 10.2. The molecule has 2 fully saturated rings. The third-order valence-electron chi connectivity index (χ3n) is 6.69. The molecule has 0 aromatic heterocycles. The molecule has 0 saturated heterocycles. The topological polar surface area (TPSA) is 20.2 Å². The summed E-state index contributed by atoms with van der Waals surface area (Å²) in [6.07, 6.45) is 12.0. The van der Waals surface area contributed by atoms with E-state index in [4.69, 9.17) is 0 Å². The summed E-state index contributed by atoms with van der Waals surface area (Å²) in [6, 6.07) is 0. The van der Waals surface area contributed by atoms with Gasteiger partial charge in [0.15, 0.2) is 0 Å². The Kier molecular flexibility index (Phi) is 4.40. The molecule has 4 atom stereocenters. The van der Waals surface area contributed by atoms with Crippen LogP contribution in [0.25, 0.3) is 0 Å². The molecule has 0 radical (unpaired) electrons. The first-order valence-electron chi connectivity index (χ1n) is 8.57. The van der Waals surface area contributed by atoms with Gasteiger partial charge in [-0.2, -0.15) is 0 Å². The standard InChI is InChI=1S/C19H34O/c1-6-18(4,20)14-11-15-9-7-10-16-17(2,3)12-8-13-19(15,16)5/h6,15-16,20H,1,7-14H2,2-5H3. The zero-order chi connectivity index (χ0) is 15.0. The van der Waals surface area contributed by atoms with E-state index in [0.717, 1.165) is 24.7 Å². The van der Waals surface area contributed by atoms with E-state index in [1.54, 1.807) is 6.08 Å². The molecule has 2 saturated carbocycles. The van der Waals surface area contributed by atoms with Crippen LogP contribution in [0.2, 0.25) is 0 Å². The van der Waals surface area contributed by atoms with Gasteiger partial charge < -0.3 is 5.11 Å². The highest BCUT2D eigenvalue weighted by Crippen LogP contribution is 2.60. The van der Waals surface area contributed by atoms with E-state index in [1.165, 1.54) is 38.5 Å². The van der Waals surface area contributed by atoms with Crippen LogP contribution >= 0.6 is 0 Å². The van der Waals surface area contributed by atoms with Gasteiger partial charge in [-0.25, -0.2) is 0 Å². The molecule has 0 aromatic rings.